The topological polar surface area (TPSA) is 71.5 Å². The van der Waals surface area contributed by atoms with Crippen LogP contribution in [0.3, 0.4) is 0 Å². The molecule has 0 amide bonds. The number of nitrogens with one attached hydrogen (secondary N) is 2. The monoisotopic (exact) mass is 379 g/mol. The lowest BCUT2D eigenvalue weighted by molar-refractivity contribution is 0.405. The van der Waals surface area contributed by atoms with Crippen LogP contribution in [0.1, 0.15) is 12.2 Å². The maximum atomic E-state index is 6.15. The summed E-state index contributed by atoms with van der Waals surface area (Å²) in [5.41, 5.74) is 0.713. The summed E-state index contributed by atoms with van der Waals surface area (Å²) in [5, 5.41) is 7.07. The number of halogens is 1. The molecule has 2 aromatic rings. The third-order valence-electron chi connectivity index (χ3n) is 3.66. The molecule has 0 radical (unpaired) electrons. The van der Waals surface area contributed by atoms with E-state index in [0.29, 0.717) is 33.9 Å². The minimum Gasteiger partial charge on any atom is -0.495 e. The molecule has 1 heterocycles. The largest absolute Gasteiger partial charge is 0.495 e. The van der Waals surface area contributed by atoms with Crippen LogP contribution in [0.15, 0.2) is 18.2 Å². The van der Waals surface area contributed by atoms with Gasteiger partial charge in [-0.1, -0.05) is 11.6 Å². The van der Waals surface area contributed by atoms with Crippen molar-refractivity contribution < 1.29 is 9.47 Å². The van der Waals surface area contributed by atoms with Crippen molar-refractivity contribution in [3.05, 3.63) is 29.0 Å². The Morgan fingerprint density at radius 1 is 1.04 bits per heavy atom. The number of aromatic nitrogens is 2. The normalized spacial score (nSPS) is 10.7. The van der Waals surface area contributed by atoms with Gasteiger partial charge in [-0.3, -0.25) is 0 Å². The van der Waals surface area contributed by atoms with Crippen molar-refractivity contribution in [2.24, 2.45) is 0 Å². The van der Waals surface area contributed by atoms with E-state index in [1.54, 1.807) is 26.4 Å². The Balaban J connectivity index is 2.16. The quantitative estimate of drug-likeness (QED) is 0.645. The lowest BCUT2D eigenvalue weighted by atomic mass is 10.2. The summed E-state index contributed by atoms with van der Waals surface area (Å²) in [5.74, 6) is 3.27. The second-order valence-corrected chi connectivity index (χ2v) is 6.49. The standard InChI is InChI=1S/C18H26ClN5O2/c1-12-21-17(20-7-6-8-24(2)3)11-18(22-12)23-14-10-15(25-4)13(19)9-16(14)26-5/h9-11H,6-8H2,1-5H3,(H2,20,21,22,23). The van der Waals surface area contributed by atoms with E-state index < -0.39 is 0 Å². The van der Waals surface area contributed by atoms with Crippen LogP contribution in [0.2, 0.25) is 5.02 Å². The Kier molecular flexibility index (Phi) is 7.29. The Morgan fingerprint density at radius 3 is 2.38 bits per heavy atom. The summed E-state index contributed by atoms with van der Waals surface area (Å²) in [6, 6.07) is 5.35. The van der Waals surface area contributed by atoms with E-state index in [2.05, 4.69) is 39.6 Å². The van der Waals surface area contributed by atoms with E-state index in [0.717, 1.165) is 25.3 Å². The zero-order valence-electron chi connectivity index (χ0n) is 15.9. The van der Waals surface area contributed by atoms with Crippen LogP contribution in [0, 0.1) is 6.92 Å². The van der Waals surface area contributed by atoms with Crippen LogP contribution >= 0.6 is 11.6 Å². The lowest BCUT2D eigenvalue weighted by Crippen LogP contribution is -2.16. The van der Waals surface area contributed by atoms with Gasteiger partial charge in [0.05, 0.1) is 24.9 Å². The molecule has 0 aliphatic carbocycles. The van der Waals surface area contributed by atoms with Crippen molar-refractivity contribution in [2.45, 2.75) is 13.3 Å². The SMILES string of the molecule is COc1cc(Nc2cc(NCCCN(C)C)nc(C)n2)c(OC)cc1Cl. The Labute approximate surface area is 159 Å². The Morgan fingerprint density at radius 2 is 1.73 bits per heavy atom. The molecule has 26 heavy (non-hydrogen) atoms. The average Bonchev–Trinajstić information content (AvgIpc) is 2.59. The molecule has 7 nitrogen and oxygen atoms in total. The van der Waals surface area contributed by atoms with E-state index >= 15 is 0 Å². The first-order valence-electron chi connectivity index (χ1n) is 8.35. The molecule has 0 atom stereocenters. The summed E-state index contributed by atoms with van der Waals surface area (Å²) < 4.78 is 10.7. The first-order valence-corrected chi connectivity index (χ1v) is 8.73. The zero-order chi connectivity index (χ0) is 19.1. The molecule has 0 unspecified atom stereocenters. The molecule has 0 spiro atoms. The van der Waals surface area contributed by atoms with Gasteiger partial charge < -0.3 is 25.0 Å². The third kappa shape index (κ3) is 5.64. The van der Waals surface area contributed by atoms with Gasteiger partial charge in [0.1, 0.15) is 29.0 Å². The summed E-state index contributed by atoms with van der Waals surface area (Å²) in [7, 11) is 7.28. The van der Waals surface area contributed by atoms with Gasteiger partial charge >= 0.3 is 0 Å². The van der Waals surface area contributed by atoms with Crippen LogP contribution in [-0.2, 0) is 0 Å². The molecule has 142 valence electrons. The van der Waals surface area contributed by atoms with Crippen molar-refractivity contribution in [1.29, 1.82) is 0 Å². The summed E-state index contributed by atoms with van der Waals surface area (Å²) in [4.78, 5) is 11.0. The first-order chi connectivity index (χ1) is 12.4. The molecular formula is C18H26ClN5O2. The predicted octanol–water partition coefficient (Wildman–Crippen LogP) is 3.56. The minimum atomic E-state index is 0.483. The third-order valence-corrected chi connectivity index (χ3v) is 3.96. The molecule has 0 saturated heterocycles. The van der Waals surface area contributed by atoms with Crippen molar-refractivity contribution in [3.63, 3.8) is 0 Å². The molecule has 0 bridgehead atoms. The highest BCUT2D eigenvalue weighted by molar-refractivity contribution is 6.32. The zero-order valence-corrected chi connectivity index (χ0v) is 16.6. The van der Waals surface area contributed by atoms with Gasteiger partial charge in [-0.15, -0.1) is 0 Å². The molecule has 0 aliphatic rings. The van der Waals surface area contributed by atoms with Crippen LogP contribution in [0.25, 0.3) is 0 Å². The summed E-state index contributed by atoms with van der Waals surface area (Å²) >= 11 is 6.15. The Bertz CT molecular complexity index is 740. The molecule has 2 N–H and O–H groups in total. The second kappa shape index (κ2) is 9.45. The molecule has 2 rings (SSSR count). The van der Waals surface area contributed by atoms with Gasteiger partial charge in [-0.05, 0) is 34.0 Å². The van der Waals surface area contributed by atoms with Crippen LogP contribution in [0.5, 0.6) is 11.5 Å². The number of nitrogens with zero attached hydrogens (tertiary/aromatic N) is 3. The van der Waals surface area contributed by atoms with Crippen molar-refractivity contribution in [3.8, 4) is 11.5 Å². The molecular weight excluding hydrogens is 354 g/mol. The van der Waals surface area contributed by atoms with Crippen LogP contribution < -0.4 is 20.1 Å². The lowest BCUT2D eigenvalue weighted by Gasteiger charge is -2.15. The highest BCUT2D eigenvalue weighted by Crippen LogP contribution is 2.37. The number of ether oxygens (including phenoxy) is 2. The van der Waals surface area contributed by atoms with Gasteiger partial charge in [-0.2, -0.15) is 0 Å². The Hall–Kier alpha value is -2.25. The van der Waals surface area contributed by atoms with Crippen LogP contribution in [-0.4, -0.2) is 56.3 Å². The maximum absolute atomic E-state index is 6.15. The minimum absolute atomic E-state index is 0.483. The van der Waals surface area contributed by atoms with E-state index in [1.165, 1.54) is 0 Å². The molecule has 0 aliphatic heterocycles. The summed E-state index contributed by atoms with van der Waals surface area (Å²) in [6.07, 6.45) is 1.03. The molecule has 0 fully saturated rings. The van der Waals surface area contributed by atoms with Crippen molar-refractivity contribution in [1.82, 2.24) is 14.9 Å². The molecule has 8 heteroatoms. The fourth-order valence-electron chi connectivity index (χ4n) is 2.43. The fraction of sp³-hybridized carbons (Fsp3) is 0.444. The first kappa shape index (κ1) is 20.1. The predicted molar refractivity (Wildman–Crippen MR) is 106 cm³/mol. The van der Waals surface area contributed by atoms with Gasteiger partial charge in [0.25, 0.3) is 0 Å². The summed E-state index contributed by atoms with van der Waals surface area (Å²) in [6.45, 7) is 3.71. The number of anilines is 3. The smallest absolute Gasteiger partial charge is 0.144 e. The van der Waals surface area contributed by atoms with Crippen molar-refractivity contribution >= 4 is 28.9 Å². The number of benzene rings is 1. The number of rotatable bonds is 9. The van der Waals surface area contributed by atoms with Crippen LogP contribution in [0.4, 0.5) is 17.3 Å². The van der Waals surface area contributed by atoms with E-state index in [-0.39, 0.29) is 0 Å². The number of hydrogen-bond acceptors (Lipinski definition) is 7. The second-order valence-electron chi connectivity index (χ2n) is 6.08. The van der Waals surface area contributed by atoms with Gasteiger partial charge in [0, 0.05) is 24.7 Å². The molecule has 0 saturated carbocycles. The van der Waals surface area contributed by atoms with E-state index in [9.17, 15) is 0 Å². The number of hydrogen-bond donors (Lipinski definition) is 2. The number of methoxy groups -OCH3 is 2. The van der Waals surface area contributed by atoms with Gasteiger partial charge in [0.2, 0.25) is 0 Å². The number of aryl methyl sites for hydroxylation is 1. The highest BCUT2D eigenvalue weighted by Gasteiger charge is 2.11. The van der Waals surface area contributed by atoms with E-state index in [4.69, 9.17) is 21.1 Å². The van der Waals surface area contributed by atoms with Gasteiger partial charge in [0.15, 0.2) is 0 Å². The highest BCUT2D eigenvalue weighted by atomic mass is 35.5. The average molecular weight is 380 g/mol. The van der Waals surface area contributed by atoms with Crippen molar-refractivity contribution in [2.75, 3.05) is 52.0 Å². The molecule has 1 aromatic heterocycles. The maximum Gasteiger partial charge on any atom is 0.144 e. The van der Waals surface area contributed by atoms with Gasteiger partial charge in [-0.25, -0.2) is 9.97 Å². The molecule has 1 aromatic carbocycles. The van der Waals surface area contributed by atoms with E-state index in [1.807, 2.05) is 13.0 Å². The fourth-order valence-corrected chi connectivity index (χ4v) is 2.66.